The number of halogens is 2. The lowest BCUT2D eigenvalue weighted by Crippen LogP contribution is -2.20. The van der Waals surface area contributed by atoms with Crippen LogP contribution < -0.4 is 15.5 Å². The standard InChI is InChI=1S/C24H20F2N4O/c25-18-4-3-6-21-23(18)17(24(31)29-21)13-28-16-7-8-22(19(26)12-16)30-11-9-15(14-30)20-5-1-2-10-27-20/h1-8,10,12-13,15,28H,9,11,14H2,(H,29,31). The fourth-order valence-electron chi connectivity index (χ4n) is 4.19. The predicted molar refractivity (Wildman–Crippen MR) is 117 cm³/mol. The Balaban J connectivity index is 1.32. The van der Waals surface area contributed by atoms with Crippen LogP contribution in [0.3, 0.4) is 0 Å². The molecular formula is C24H20F2N4O. The van der Waals surface area contributed by atoms with E-state index in [1.807, 2.05) is 23.1 Å². The van der Waals surface area contributed by atoms with Gasteiger partial charge in [0.05, 0.1) is 16.9 Å². The summed E-state index contributed by atoms with van der Waals surface area (Å²) in [5.74, 6) is -0.962. The number of rotatable bonds is 4. The summed E-state index contributed by atoms with van der Waals surface area (Å²) < 4.78 is 29.0. The lowest BCUT2D eigenvalue weighted by molar-refractivity contribution is -0.110. The maximum atomic E-state index is 14.9. The molecule has 1 amide bonds. The maximum absolute atomic E-state index is 14.9. The largest absolute Gasteiger partial charge is 0.368 e. The fraction of sp³-hybridized carbons (Fsp3) is 0.167. The fourth-order valence-corrected chi connectivity index (χ4v) is 4.19. The quantitative estimate of drug-likeness (QED) is 0.600. The van der Waals surface area contributed by atoms with E-state index in [2.05, 4.69) is 15.6 Å². The minimum atomic E-state index is -0.484. The molecule has 2 aliphatic heterocycles. The van der Waals surface area contributed by atoms with Crippen molar-refractivity contribution in [2.45, 2.75) is 12.3 Å². The van der Waals surface area contributed by atoms with Crippen LogP contribution in [0.1, 0.15) is 23.6 Å². The van der Waals surface area contributed by atoms with Gasteiger partial charge in [-0.1, -0.05) is 12.1 Å². The van der Waals surface area contributed by atoms with E-state index in [-0.39, 0.29) is 22.9 Å². The molecule has 2 aliphatic rings. The summed E-state index contributed by atoms with van der Waals surface area (Å²) in [5.41, 5.74) is 2.86. The Bertz CT molecular complexity index is 1180. The van der Waals surface area contributed by atoms with Crippen molar-refractivity contribution in [1.29, 1.82) is 0 Å². The average Bonchev–Trinajstić information content (AvgIpc) is 3.38. The number of nitrogens with one attached hydrogen (secondary N) is 2. The van der Waals surface area contributed by atoms with Gasteiger partial charge in [0.25, 0.3) is 5.91 Å². The number of benzene rings is 2. The normalized spacial score (nSPS) is 18.9. The lowest BCUT2D eigenvalue weighted by atomic mass is 10.0. The number of carbonyl (C=O) groups excluding carboxylic acids is 1. The molecule has 5 nitrogen and oxygen atoms in total. The highest BCUT2D eigenvalue weighted by molar-refractivity contribution is 6.31. The molecule has 1 aromatic heterocycles. The predicted octanol–water partition coefficient (Wildman–Crippen LogP) is 4.76. The molecule has 5 rings (SSSR count). The molecule has 156 valence electrons. The first-order chi connectivity index (χ1) is 15.1. The average molecular weight is 418 g/mol. The summed E-state index contributed by atoms with van der Waals surface area (Å²) in [5, 5.41) is 5.55. The minimum absolute atomic E-state index is 0.176. The highest BCUT2D eigenvalue weighted by Gasteiger charge is 2.28. The van der Waals surface area contributed by atoms with Crippen LogP contribution in [0, 0.1) is 11.6 Å². The van der Waals surface area contributed by atoms with E-state index >= 15 is 0 Å². The Labute approximate surface area is 178 Å². The highest BCUT2D eigenvalue weighted by atomic mass is 19.1. The van der Waals surface area contributed by atoms with E-state index in [0.29, 0.717) is 23.6 Å². The molecule has 7 heteroatoms. The highest BCUT2D eigenvalue weighted by Crippen LogP contribution is 2.35. The van der Waals surface area contributed by atoms with Crippen LogP contribution in [0.5, 0.6) is 0 Å². The second kappa shape index (κ2) is 7.83. The molecule has 0 saturated carbocycles. The Morgan fingerprint density at radius 2 is 2.00 bits per heavy atom. The zero-order chi connectivity index (χ0) is 21.4. The third kappa shape index (κ3) is 3.63. The van der Waals surface area contributed by atoms with Gasteiger partial charge in [-0.05, 0) is 48.9 Å². The number of pyridine rings is 1. The number of fused-ring (bicyclic) bond motifs is 1. The van der Waals surface area contributed by atoms with Crippen molar-refractivity contribution in [3.05, 3.63) is 89.9 Å². The van der Waals surface area contributed by atoms with Gasteiger partial charge in [0.2, 0.25) is 0 Å². The van der Waals surface area contributed by atoms with Gasteiger partial charge in [-0.15, -0.1) is 0 Å². The van der Waals surface area contributed by atoms with Gasteiger partial charge in [-0.3, -0.25) is 9.78 Å². The molecule has 0 bridgehead atoms. The second-order valence-electron chi connectivity index (χ2n) is 7.67. The molecular weight excluding hydrogens is 398 g/mol. The Morgan fingerprint density at radius 1 is 1.10 bits per heavy atom. The number of hydrogen-bond acceptors (Lipinski definition) is 4. The van der Waals surface area contributed by atoms with Crippen LogP contribution in [0.4, 0.5) is 25.8 Å². The molecule has 0 spiro atoms. The molecule has 1 saturated heterocycles. The Kier molecular flexibility index (Phi) is 4.86. The van der Waals surface area contributed by atoms with E-state index in [4.69, 9.17) is 0 Å². The summed E-state index contributed by atoms with van der Waals surface area (Å²) in [6.45, 7) is 1.46. The molecule has 3 heterocycles. The van der Waals surface area contributed by atoms with E-state index in [0.717, 1.165) is 18.7 Å². The van der Waals surface area contributed by atoms with Gasteiger partial charge in [0.15, 0.2) is 0 Å². The maximum Gasteiger partial charge on any atom is 0.257 e. The van der Waals surface area contributed by atoms with Gasteiger partial charge in [-0.25, -0.2) is 8.78 Å². The van der Waals surface area contributed by atoms with Gasteiger partial charge >= 0.3 is 0 Å². The van der Waals surface area contributed by atoms with E-state index in [1.54, 1.807) is 24.4 Å². The van der Waals surface area contributed by atoms with E-state index in [1.165, 1.54) is 24.4 Å². The third-order valence-corrected chi connectivity index (χ3v) is 5.74. The first-order valence-corrected chi connectivity index (χ1v) is 10.1. The molecule has 1 fully saturated rings. The van der Waals surface area contributed by atoms with Crippen molar-refractivity contribution in [3.8, 4) is 0 Å². The number of hydrogen-bond donors (Lipinski definition) is 2. The molecule has 3 aromatic rings. The van der Waals surface area contributed by atoms with E-state index in [9.17, 15) is 13.6 Å². The second-order valence-corrected chi connectivity index (χ2v) is 7.67. The first-order valence-electron chi connectivity index (χ1n) is 10.1. The first kappa shape index (κ1) is 19.2. The SMILES string of the molecule is O=C1Nc2cccc(F)c2C1=CNc1ccc(N2CCC(c3ccccn3)C2)c(F)c1. The smallest absolute Gasteiger partial charge is 0.257 e. The summed E-state index contributed by atoms with van der Waals surface area (Å²) in [7, 11) is 0. The summed E-state index contributed by atoms with van der Waals surface area (Å²) in [6, 6.07) is 15.2. The number of aromatic nitrogens is 1. The van der Waals surface area contributed by atoms with Crippen LogP contribution in [0.25, 0.3) is 5.57 Å². The zero-order valence-electron chi connectivity index (χ0n) is 16.6. The summed E-state index contributed by atoms with van der Waals surface area (Å²) in [4.78, 5) is 18.6. The molecule has 0 radical (unpaired) electrons. The molecule has 31 heavy (non-hydrogen) atoms. The van der Waals surface area contributed by atoms with Gasteiger partial charge < -0.3 is 15.5 Å². The molecule has 2 N–H and O–H groups in total. The molecule has 2 aromatic carbocycles. The number of anilines is 3. The van der Waals surface area contributed by atoms with Crippen molar-refractivity contribution < 1.29 is 13.6 Å². The van der Waals surface area contributed by atoms with Gasteiger partial charge in [-0.2, -0.15) is 0 Å². The molecule has 0 aliphatic carbocycles. The molecule has 1 atom stereocenters. The Hall–Kier alpha value is -3.74. The van der Waals surface area contributed by atoms with Crippen molar-refractivity contribution in [1.82, 2.24) is 4.98 Å². The van der Waals surface area contributed by atoms with Crippen LogP contribution in [0.15, 0.2) is 67.0 Å². The third-order valence-electron chi connectivity index (χ3n) is 5.74. The summed E-state index contributed by atoms with van der Waals surface area (Å²) in [6.07, 6.45) is 4.11. The van der Waals surface area contributed by atoms with Crippen molar-refractivity contribution in [2.75, 3.05) is 28.6 Å². The van der Waals surface area contributed by atoms with Crippen LogP contribution in [-0.4, -0.2) is 24.0 Å². The van der Waals surface area contributed by atoms with Crippen molar-refractivity contribution >= 4 is 28.5 Å². The minimum Gasteiger partial charge on any atom is -0.368 e. The van der Waals surface area contributed by atoms with Gasteiger partial charge in [0.1, 0.15) is 11.6 Å². The topological polar surface area (TPSA) is 57.3 Å². The molecule has 1 unspecified atom stereocenters. The lowest BCUT2D eigenvalue weighted by Gasteiger charge is -2.20. The summed E-state index contributed by atoms with van der Waals surface area (Å²) >= 11 is 0. The van der Waals surface area contributed by atoms with Crippen LogP contribution in [0.2, 0.25) is 0 Å². The van der Waals surface area contributed by atoms with Gasteiger partial charge in [0, 0.05) is 48.3 Å². The van der Waals surface area contributed by atoms with E-state index < -0.39 is 11.7 Å². The van der Waals surface area contributed by atoms with Crippen LogP contribution >= 0.6 is 0 Å². The van der Waals surface area contributed by atoms with Crippen LogP contribution in [-0.2, 0) is 4.79 Å². The van der Waals surface area contributed by atoms with Crippen molar-refractivity contribution in [3.63, 3.8) is 0 Å². The monoisotopic (exact) mass is 418 g/mol. The zero-order valence-corrected chi connectivity index (χ0v) is 16.6. The number of nitrogens with zero attached hydrogens (tertiary/aromatic N) is 2. The number of amides is 1. The Morgan fingerprint density at radius 3 is 2.81 bits per heavy atom. The van der Waals surface area contributed by atoms with Crippen molar-refractivity contribution in [2.24, 2.45) is 0 Å². The number of carbonyl (C=O) groups is 1.